The van der Waals surface area contributed by atoms with Gasteiger partial charge in [0.1, 0.15) is 0 Å². The molecular weight excluding hydrogens is 268 g/mol. The molecule has 0 saturated carbocycles. The third kappa shape index (κ3) is 2.51. The Balaban J connectivity index is 2.69. The number of aryl methyl sites for hydroxylation is 1. The van der Waals surface area contributed by atoms with Gasteiger partial charge >= 0.3 is 10.2 Å². The van der Waals surface area contributed by atoms with E-state index >= 15 is 0 Å². The van der Waals surface area contributed by atoms with Crippen LogP contribution < -0.4 is 10.2 Å². The van der Waals surface area contributed by atoms with Gasteiger partial charge in [0.15, 0.2) is 0 Å². The van der Waals surface area contributed by atoms with Crippen LogP contribution in [0.2, 0.25) is 0 Å². The van der Waals surface area contributed by atoms with Gasteiger partial charge in [-0.25, -0.2) is 9.11 Å². The third-order valence-electron chi connectivity index (χ3n) is 2.68. The molecular formula is C12H11N2O4S-. The van der Waals surface area contributed by atoms with Gasteiger partial charge in [-0.1, -0.05) is 29.8 Å². The molecule has 6 nitrogen and oxygen atoms in total. The van der Waals surface area contributed by atoms with Crippen molar-refractivity contribution in [2.45, 2.75) is 6.92 Å². The predicted molar refractivity (Wildman–Crippen MR) is 67.4 cm³/mol. The average Bonchev–Trinajstić information content (AvgIpc) is 2.74. The molecule has 0 aliphatic rings. The Morgan fingerprint density at radius 2 is 1.79 bits per heavy atom. The van der Waals surface area contributed by atoms with Gasteiger partial charge < -0.3 is 9.90 Å². The summed E-state index contributed by atoms with van der Waals surface area (Å²) in [6, 6.07) is 8.36. The molecule has 1 heterocycles. The molecule has 0 bridgehead atoms. The highest BCUT2D eigenvalue weighted by Gasteiger charge is 2.17. The summed E-state index contributed by atoms with van der Waals surface area (Å²) < 4.78 is 23.1. The Hall–Kier alpha value is -2.12. The van der Waals surface area contributed by atoms with Gasteiger partial charge in [0.25, 0.3) is 0 Å². The van der Waals surface area contributed by atoms with E-state index in [1.807, 2.05) is 6.92 Å². The van der Waals surface area contributed by atoms with Crippen LogP contribution in [-0.4, -0.2) is 18.4 Å². The minimum absolute atomic E-state index is 0.244. The Morgan fingerprint density at radius 3 is 2.26 bits per heavy atom. The second-order valence-corrected chi connectivity index (χ2v) is 5.50. The van der Waals surface area contributed by atoms with Crippen molar-refractivity contribution in [1.29, 1.82) is 0 Å². The smallest absolute Gasteiger partial charge is 0.302 e. The zero-order chi connectivity index (χ0) is 14.2. The van der Waals surface area contributed by atoms with Crippen molar-refractivity contribution in [1.82, 2.24) is 3.97 Å². The largest absolute Gasteiger partial charge is 0.543 e. The fourth-order valence-electron chi connectivity index (χ4n) is 1.79. The van der Waals surface area contributed by atoms with Crippen molar-refractivity contribution in [2.75, 3.05) is 0 Å². The van der Waals surface area contributed by atoms with Crippen LogP contribution in [0.25, 0.3) is 11.1 Å². The van der Waals surface area contributed by atoms with Gasteiger partial charge in [-0.15, -0.1) is 0 Å². The summed E-state index contributed by atoms with van der Waals surface area (Å²) in [6.45, 7) is 1.89. The van der Waals surface area contributed by atoms with E-state index in [9.17, 15) is 18.3 Å². The SMILES string of the molecule is Cc1ccc(-c2ccn(S(N)(=O)=O)c2C(=O)[O-])cc1. The minimum atomic E-state index is -4.18. The first-order chi connectivity index (χ1) is 8.80. The van der Waals surface area contributed by atoms with E-state index in [1.165, 1.54) is 6.07 Å². The van der Waals surface area contributed by atoms with E-state index in [4.69, 9.17) is 5.14 Å². The number of nitrogens with two attached hydrogens (primary N) is 1. The molecule has 2 aromatic rings. The van der Waals surface area contributed by atoms with Gasteiger partial charge in [0, 0.05) is 11.8 Å². The summed E-state index contributed by atoms with van der Waals surface area (Å²) in [5.41, 5.74) is 1.34. The third-order valence-corrected chi connectivity index (χ3v) is 3.53. The number of rotatable bonds is 3. The van der Waals surface area contributed by atoms with Crippen molar-refractivity contribution < 1.29 is 18.3 Å². The first-order valence-corrected chi connectivity index (χ1v) is 6.84. The van der Waals surface area contributed by atoms with Gasteiger partial charge in [-0.2, -0.15) is 8.42 Å². The number of hydrogen-bond acceptors (Lipinski definition) is 4. The molecule has 100 valence electrons. The zero-order valence-electron chi connectivity index (χ0n) is 10.0. The number of aromatic nitrogens is 1. The second kappa shape index (κ2) is 4.52. The summed E-state index contributed by atoms with van der Waals surface area (Å²) in [4.78, 5) is 11.1. The summed E-state index contributed by atoms with van der Waals surface area (Å²) in [5.74, 6) is -1.60. The van der Waals surface area contributed by atoms with Gasteiger partial charge in [-0.05, 0) is 18.6 Å². The van der Waals surface area contributed by atoms with E-state index in [2.05, 4.69) is 0 Å². The van der Waals surface area contributed by atoms with Crippen molar-refractivity contribution in [3.8, 4) is 11.1 Å². The van der Waals surface area contributed by atoms with E-state index in [0.29, 0.717) is 9.54 Å². The van der Waals surface area contributed by atoms with Crippen LogP contribution in [0, 0.1) is 6.92 Å². The van der Waals surface area contributed by atoms with Gasteiger partial charge in [-0.3, -0.25) is 0 Å². The number of hydrogen-bond donors (Lipinski definition) is 1. The maximum Gasteiger partial charge on any atom is 0.302 e. The lowest BCUT2D eigenvalue weighted by molar-refractivity contribution is -0.255. The molecule has 2 rings (SSSR count). The summed E-state index contributed by atoms with van der Waals surface area (Å²) in [5, 5.41) is 16.1. The number of carboxylic acids is 1. The first-order valence-electron chi connectivity index (χ1n) is 5.34. The second-order valence-electron chi connectivity index (χ2n) is 4.07. The van der Waals surface area contributed by atoms with Gasteiger partial charge in [0.05, 0.1) is 11.7 Å². The molecule has 0 amide bonds. The number of carboxylic acid groups (broad SMARTS) is 1. The monoisotopic (exact) mass is 279 g/mol. The highest BCUT2D eigenvalue weighted by molar-refractivity contribution is 7.87. The molecule has 0 aliphatic carbocycles. The number of benzene rings is 1. The Kier molecular flexibility index (Phi) is 3.17. The van der Waals surface area contributed by atoms with E-state index in [-0.39, 0.29) is 5.56 Å². The number of carbonyl (C=O) groups is 1. The number of nitrogens with zero attached hydrogens (tertiary/aromatic N) is 1. The Bertz CT molecular complexity index is 730. The lowest BCUT2D eigenvalue weighted by Gasteiger charge is -2.10. The predicted octanol–water partition coefficient (Wildman–Crippen LogP) is -0.121. The highest BCUT2D eigenvalue weighted by Crippen LogP contribution is 2.25. The van der Waals surface area contributed by atoms with Crippen LogP contribution in [0.5, 0.6) is 0 Å². The highest BCUT2D eigenvalue weighted by atomic mass is 32.2. The normalized spacial score (nSPS) is 11.5. The zero-order valence-corrected chi connectivity index (χ0v) is 10.8. The number of carbonyl (C=O) groups excluding carboxylic acids is 1. The van der Waals surface area contributed by atoms with Crippen molar-refractivity contribution in [3.05, 3.63) is 47.8 Å². The Morgan fingerprint density at radius 1 is 1.21 bits per heavy atom. The van der Waals surface area contributed by atoms with Crippen LogP contribution in [0.15, 0.2) is 36.5 Å². The molecule has 0 aliphatic heterocycles. The average molecular weight is 279 g/mol. The van der Waals surface area contributed by atoms with Crippen LogP contribution in [0.3, 0.4) is 0 Å². The van der Waals surface area contributed by atoms with Crippen molar-refractivity contribution >= 4 is 16.2 Å². The molecule has 0 atom stereocenters. The van der Waals surface area contributed by atoms with Gasteiger partial charge in [0.2, 0.25) is 0 Å². The standard InChI is InChI=1S/C12H12N2O4S/c1-8-2-4-9(5-3-8)10-6-7-14(19(13,17)18)11(10)12(15)16/h2-7H,1H3,(H,15,16)(H2,13,17,18)/p-1. The first kappa shape index (κ1) is 13.3. The summed E-state index contributed by atoms with van der Waals surface area (Å²) >= 11 is 0. The quantitative estimate of drug-likeness (QED) is 0.845. The molecule has 0 spiro atoms. The number of aromatic carboxylic acids is 1. The summed E-state index contributed by atoms with van der Waals surface area (Å²) in [7, 11) is -4.18. The van der Waals surface area contributed by atoms with E-state index in [1.54, 1.807) is 24.3 Å². The molecule has 1 aromatic carbocycles. The maximum absolute atomic E-state index is 11.3. The van der Waals surface area contributed by atoms with E-state index in [0.717, 1.165) is 11.8 Å². The Labute approximate surface area is 110 Å². The minimum Gasteiger partial charge on any atom is -0.543 e. The molecule has 0 radical (unpaired) electrons. The molecule has 19 heavy (non-hydrogen) atoms. The maximum atomic E-state index is 11.3. The molecule has 1 aromatic heterocycles. The fraction of sp³-hybridized carbons (Fsp3) is 0.0833. The molecule has 2 N–H and O–H groups in total. The topological polar surface area (TPSA) is 105 Å². The lowest BCUT2D eigenvalue weighted by atomic mass is 10.0. The van der Waals surface area contributed by atoms with Crippen LogP contribution >= 0.6 is 0 Å². The van der Waals surface area contributed by atoms with Crippen molar-refractivity contribution in [2.24, 2.45) is 5.14 Å². The molecule has 0 unspecified atom stereocenters. The molecule has 0 fully saturated rings. The van der Waals surface area contributed by atoms with Crippen molar-refractivity contribution in [3.63, 3.8) is 0 Å². The van der Waals surface area contributed by atoms with E-state index < -0.39 is 21.9 Å². The molecule has 7 heteroatoms. The molecule has 0 saturated heterocycles. The lowest BCUT2D eigenvalue weighted by Crippen LogP contribution is -2.31. The van der Waals surface area contributed by atoms with Crippen LogP contribution in [0.4, 0.5) is 0 Å². The fourth-order valence-corrected chi connectivity index (χ4v) is 2.45. The van der Waals surface area contributed by atoms with Crippen LogP contribution in [0.1, 0.15) is 16.1 Å². The summed E-state index contributed by atoms with van der Waals surface area (Å²) in [6.07, 6.45) is 1.09. The van der Waals surface area contributed by atoms with Crippen LogP contribution in [-0.2, 0) is 10.2 Å².